The number of aromatic nitrogens is 4. The summed E-state index contributed by atoms with van der Waals surface area (Å²) in [5.74, 6) is 0.717. The summed E-state index contributed by atoms with van der Waals surface area (Å²) < 4.78 is 8.72. The highest BCUT2D eigenvalue weighted by Crippen LogP contribution is 2.35. The Balaban J connectivity index is 1.45. The maximum absolute atomic E-state index is 13.3. The van der Waals surface area contributed by atoms with Gasteiger partial charge in [-0.15, -0.1) is 0 Å². The number of hydrogen-bond donors (Lipinski definition) is 4. The van der Waals surface area contributed by atoms with E-state index < -0.39 is 6.10 Å². The lowest BCUT2D eigenvalue weighted by Gasteiger charge is -2.45. The van der Waals surface area contributed by atoms with Gasteiger partial charge in [0.05, 0.1) is 30.0 Å². The van der Waals surface area contributed by atoms with Crippen LogP contribution >= 0.6 is 0 Å². The zero-order valence-electron chi connectivity index (χ0n) is 20.8. The van der Waals surface area contributed by atoms with Crippen molar-refractivity contribution in [1.29, 1.82) is 0 Å². The molecule has 0 radical (unpaired) electrons. The normalized spacial score (nSPS) is 25.8. The summed E-state index contributed by atoms with van der Waals surface area (Å²) >= 11 is 0. The van der Waals surface area contributed by atoms with E-state index in [2.05, 4.69) is 26.0 Å². The van der Waals surface area contributed by atoms with Crippen molar-refractivity contribution in [3.05, 3.63) is 46.5 Å². The van der Waals surface area contributed by atoms with Gasteiger partial charge in [0.25, 0.3) is 11.5 Å². The van der Waals surface area contributed by atoms with Gasteiger partial charge in [0, 0.05) is 26.4 Å². The lowest BCUT2D eigenvalue weighted by atomic mass is 9.76. The Morgan fingerprint density at radius 3 is 2.78 bits per heavy atom. The molecule has 5 rings (SSSR count). The van der Waals surface area contributed by atoms with Crippen LogP contribution in [-0.2, 0) is 4.74 Å². The van der Waals surface area contributed by atoms with Crippen molar-refractivity contribution in [3.8, 4) is 0 Å². The molecule has 11 nitrogen and oxygen atoms in total. The van der Waals surface area contributed by atoms with E-state index in [1.807, 2.05) is 6.92 Å². The molecule has 192 valence electrons. The quantitative estimate of drug-likeness (QED) is 0.393. The van der Waals surface area contributed by atoms with Crippen LogP contribution in [0.3, 0.4) is 0 Å². The summed E-state index contributed by atoms with van der Waals surface area (Å²) in [4.78, 5) is 31.0. The molecule has 4 atom stereocenters. The molecule has 3 heterocycles. The Bertz CT molecular complexity index is 1330. The van der Waals surface area contributed by atoms with Gasteiger partial charge in [-0.1, -0.05) is 12.8 Å². The second-order valence-corrected chi connectivity index (χ2v) is 9.83. The number of aliphatic hydroxyl groups is 1. The standard InChI is InChI=1S/C25H33N7O4/c1-25(36-3)11-10-19(25)29-23(34)15-14-27-32-21(26-2)13-20(30-22(15)32)28-16-7-6-12-31(24(16)35)17-8-4-5-9-18(17)33/h6-7,12-14,17-19,26,33H,4-5,8-11H2,1-3H3,(H,28,30)(H,29,34)/t17-,18+,19+,25+/m1/s1. The second-order valence-electron chi connectivity index (χ2n) is 9.83. The number of amides is 1. The van der Waals surface area contributed by atoms with E-state index in [-0.39, 0.29) is 29.2 Å². The molecule has 3 aromatic heterocycles. The SMILES string of the molecule is CNc1cc(Nc2cccn([C@@H]3CCCC[C@@H]3O)c2=O)nc2c(C(=O)N[C@H]3CC[C@]3(C)OC)cnn12. The van der Waals surface area contributed by atoms with Crippen molar-refractivity contribution in [2.45, 2.75) is 69.2 Å². The van der Waals surface area contributed by atoms with Crippen LogP contribution in [0, 0.1) is 0 Å². The summed E-state index contributed by atoms with van der Waals surface area (Å²) in [5.41, 5.74) is 0.417. The smallest absolute Gasteiger partial charge is 0.274 e. The number of nitrogens with one attached hydrogen (secondary N) is 3. The van der Waals surface area contributed by atoms with Gasteiger partial charge in [0.15, 0.2) is 5.65 Å². The van der Waals surface area contributed by atoms with E-state index in [1.54, 1.807) is 47.6 Å². The predicted octanol–water partition coefficient (Wildman–Crippen LogP) is 2.45. The first-order valence-corrected chi connectivity index (χ1v) is 12.4. The molecule has 3 aromatic rings. The molecule has 4 N–H and O–H groups in total. The number of aliphatic hydroxyl groups excluding tert-OH is 1. The number of fused-ring (bicyclic) bond motifs is 1. The van der Waals surface area contributed by atoms with Crippen LogP contribution in [0.5, 0.6) is 0 Å². The Kier molecular flexibility index (Phi) is 6.44. The molecular formula is C25H33N7O4. The molecule has 2 aliphatic carbocycles. The summed E-state index contributed by atoms with van der Waals surface area (Å²) in [5, 5.41) is 24.0. The molecule has 2 fully saturated rings. The molecule has 0 aliphatic heterocycles. The predicted molar refractivity (Wildman–Crippen MR) is 136 cm³/mol. The van der Waals surface area contributed by atoms with Crippen molar-refractivity contribution in [2.24, 2.45) is 0 Å². The molecule has 0 saturated heterocycles. The topological polar surface area (TPSA) is 135 Å². The molecule has 0 spiro atoms. The average Bonchev–Trinajstić information content (AvgIpc) is 3.31. The number of ether oxygens (including phenoxy) is 1. The van der Waals surface area contributed by atoms with Crippen LogP contribution in [0.25, 0.3) is 5.65 Å². The summed E-state index contributed by atoms with van der Waals surface area (Å²) in [7, 11) is 3.40. The number of carbonyl (C=O) groups is 1. The van der Waals surface area contributed by atoms with E-state index in [4.69, 9.17) is 4.74 Å². The highest BCUT2D eigenvalue weighted by Gasteiger charge is 2.44. The van der Waals surface area contributed by atoms with Crippen LogP contribution in [-0.4, -0.2) is 62.1 Å². The molecule has 0 bridgehead atoms. The highest BCUT2D eigenvalue weighted by molar-refractivity contribution is 6.00. The van der Waals surface area contributed by atoms with Gasteiger partial charge in [0.1, 0.15) is 22.9 Å². The van der Waals surface area contributed by atoms with Gasteiger partial charge in [-0.3, -0.25) is 9.59 Å². The Morgan fingerprint density at radius 1 is 1.28 bits per heavy atom. The van der Waals surface area contributed by atoms with Crippen molar-refractivity contribution in [1.82, 2.24) is 24.5 Å². The molecule has 2 saturated carbocycles. The van der Waals surface area contributed by atoms with Crippen LogP contribution in [0.1, 0.15) is 61.8 Å². The fourth-order valence-corrected chi connectivity index (χ4v) is 5.19. The Morgan fingerprint density at radius 2 is 2.08 bits per heavy atom. The number of nitrogens with zero attached hydrogens (tertiary/aromatic N) is 4. The molecule has 0 unspecified atom stereocenters. The minimum absolute atomic E-state index is 0.0899. The largest absolute Gasteiger partial charge is 0.391 e. The van der Waals surface area contributed by atoms with Gasteiger partial charge in [-0.25, -0.2) is 4.98 Å². The lowest BCUT2D eigenvalue weighted by Crippen LogP contribution is -2.59. The molecule has 0 aromatic carbocycles. The fourth-order valence-electron chi connectivity index (χ4n) is 5.19. The van der Waals surface area contributed by atoms with E-state index in [1.165, 1.54) is 6.20 Å². The van der Waals surface area contributed by atoms with Gasteiger partial charge in [-0.05, 0) is 44.7 Å². The third-order valence-corrected chi connectivity index (χ3v) is 7.70. The minimum Gasteiger partial charge on any atom is -0.391 e. The maximum Gasteiger partial charge on any atom is 0.274 e. The minimum atomic E-state index is -0.541. The van der Waals surface area contributed by atoms with Crippen LogP contribution in [0.15, 0.2) is 35.4 Å². The fraction of sp³-hybridized carbons (Fsp3) is 0.520. The summed E-state index contributed by atoms with van der Waals surface area (Å²) in [6.07, 6.45) is 7.78. The number of rotatable bonds is 7. The Labute approximate surface area is 208 Å². The molecule has 11 heteroatoms. The zero-order chi connectivity index (χ0) is 25.4. The first-order chi connectivity index (χ1) is 17.3. The third-order valence-electron chi connectivity index (χ3n) is 7.70. The number of pyridine rings is 1. The first-order valence-electron chi connectivity index (χ1n) is 12.4. The summed E-state index contributed by atoms with van der Waals surface area (Å²) in [6, 6.07) is 4.86. The first kappa shape index (κ1) is 24.3. The van der Waals surface area contributed by atoms with E-state index in [9.17, 15) is 14.7 Å². The zero-order valence-corrected chi connectivity index (χ0v) is 20.8. The molecule has 2 aliphatic rings. The molecule has 1 amide bonds. The monoisotopic (exact) mass is 495 g/mol. The van der Waals surface area contributed by atoms with Gasteiger partial charge in [-0.2, -0.15) is 9.61 Å². The number of hydrogen-bond acceptors (Lipinski definition) is 8. The van der Waals surface area contributed by atoms with Gasteiger partial charge >= 0.3 is 0 Å². The van der Waals surface area contributed by atoms with Gasteiger partial charge in [0.2, 0.25) is 0 Å². The van der Waals surface area contributed by atoms with E-state index in [0.29, 0.717) is 35.0 Å². The second kappa shape index (κ2) is 9.55. The molecule has 36 heavy (non-hydrogen) atoms. The van der Waals surface area contributed by atoms with Crippen LogP contribution < -0.4 is 21.5 Å². The van der Waals surface area contributed by atoms with Crippen molar-refractivity contribution >= 4 is 28.9 Å². The van der Waals surface area contributed by atoms with Crippen LogP contribution in [0.2, 0.25) is 0 Å². The maximum atomic E-state index is 13.3. The number of methoxy groups -OCH3 is 1. The van der Waals surface area contributed by atoms with E-state index in [0.717, 1.165) is 32.1 Å². The van der Waals surface area contributed by atoms with Crippen LogP contribution in [0.4, 0.5) is 17.3 Å². The highest BCUT2D eigenvalue weighted by atomic mass is 16.5. The molecular weight excluding hydrogens is 462 g/mol. The average molecular weight is 496 g/mol. The third kappa shape index (κ3) is 4.22. The van der Waals surface area contributed by atoms with Crippen molar-refractivity contribution in [2.75, 3.05) is 24.8 Å². The summed E-state index contributed by atoms with van der Waals surface area (Å²) in [6.45, 7) is 1.98. The van der Waals surface area contributed by atoms with Gasteiger partial charge < -0.3 is 30.4 Å². The lowest BCUT2D eigenvalue weighted by molar-refractivity contribution is -0.0828. The van der Waals surface area contributed by atoms with E-state index >= 15 is 0 Å². The Hall–Kier alpha value is -3.44. The van der Waals surface area contributed by atoms with Crippen molar-refractivity contribution < 1.29 is 14.6 Å². The number of carbonyl (C=O) groups excluding carboxylic acids is 1. The van der Waals surface area contributed by atoms with Crippen molar-refractivity contribution in [3.63, 3.8) is 0 Å². The number of anilines is 3.